The molecule has 4 N–H and O–H groups in total. The summed E-state index contributed by atoms with van der Waals surface area (Å²) in [6, 6.07) is -0.0765. The summed E-state index contributed by atoms with van der Waals surface area (Å²) in [6.45, 7) is 7.18. The SMILES string of the molecule is CC(C)NC(=O)CCC(O)C(O)C(=O)NC(C)C. The number of hydrogen-bond acceptors (Lipinski definition) is 4. The van der Waals surface area contributed by atoms with Gasteiger partial charge in [-0.05, 0) is 34.1 Å². The maximum Gasteiger partial charge on any atom is 0.251 e. The van der Waals surface area contributed by atoms with E-state index in [4.69, 9.17) is 0 Å². The van der Waals surface area contributed by atoms with Crippen molar-refractivity contribution in [1.29, 1.82) is 0 Å². The van der Waals surface area contributed by atoms with Gasteiger partial charge in [0.1, 0.15) is 0 Å². The number of aliphatic hydroxyl groups is 2. The molecular formula is C12H24N2O4. The molecule has 0 aliphatic rings. The second-order valence-corrected chi connectivity index (χ2v) is 4.94. The van der Waals surface area contributed by atoms with Crippen LogP contribution in [0.15, 0.2) is 0 Å². The molecular weight excluding hydrogens is 236 g/mol. The summed E-state index contributed by atoms with van der Waals surface area (Å²) in [5.41, 5.74) is 0. The van der Waals surface area contributed by atoms with Gasteiger partial charge in [0.15, 0.2) is 6.10 Å². The maximum absolute atomic E-state index is 11.4. The first-order valence-corrected chi connectivity index (χ1v) is 6.20. The van der Waals surface area contributed by atoms with Gasteiger partial charge in [-0.1, -0.05) is 0 Å². The van der Waals surface area contributed by atoms with Gasteiger partial charge in [0.05, 0.1) is 6.10 Å². The van der Waals surface area contributed by atoms with Gasteiger partial charge in [0.25, 0.3) is 5.91 Å². The van der Waals surface area contributed by atoms with Gasteiger partial charge in [-0.2, -0.15) is 0 Å². The first-order valence-electron chi connectivity index (χ1n) is 6.20. The van der Waals surface area contributed by atoms with Crippen LogP contribution < -0.4 is 10.6 Å². The zero-order valence-electron chi connectivity index (χ0n) is 11.4. The van der Waals surface area contributed by atoms with Gasteiger partial charge in [-0.25, -0.2) is 0 Å². The molecule has 0 aromatic carbocycles. The summed E-state index contributed by atoms with van der Waals surface area (Å²) in [7, 11) is 0. The number of carbonyl (C=O) groups is 2. The van der Waals surface area contributed by atoms with Crippen molar-refractivity contribution in [2.24, 2.45) is 0 Å². The molecule has 0 radical (unpaired) electrons. The first kappa shape index (κ1) is 16.9. The fourth-order valence-electron chi connectivity index (χ4n) is 1.38. The van der Waals surface area contributed by atoms with Crippen LogP contribution in [0.2, 0.25) is 0 Å². The molecule has 0 aromatic heterocycles. The van der Waals surface area contributed by atoms with Crippen molar-refractivity contribution < 1.29 is 19.8 Å². The van der Waals surface area contributed by atoms with E-state index in [9.17, 15) is 19.8 Å². The van der Waals surface area contributed by atoms with Crippen molar-refractivity contribution in [1.82, 2.24) is 10.6 Å². The molecule has 6 nitrogen and oxygen atoms in total. The maximum atomic E-state index is 11.4. The van der Waals surface area contributed by atoms with E-state index in [0.29, 0.717) is 0 Å². The monoisotopic (exact) mass is 260 g/mol. The molecule has 0 spiro atoms. The molecule has 0 bridgehead atoms. The largest absolute Gasteiger partial charge is 0.390 e. The Morgan fingerprint density at radius 1 is 1.00 bits per heavy atom. The fraction of sp³-hybridized carbons (Fsp3) is 0.833. The summed E-state index contributed by atoms with van der Waals surface area (Å²) >= 11 is 0. The van der Waals surface area contributed by atoms with Crippen molar-refractivity contribution in [3.63, 3.8) is 0 Å². The Bertz CT molecular complexity index is 279. The van der Waals surface area contributed by atoms with E-state index < -0.39 is 18.1 Å². The zero-order valence-corrected chi connectivity index (χ0v) is 11.4. The van der Waals surface area contributed by atoms with Gasteiger partial charge >= 0.3 is 0 Å². The Morgan fingerprint density at radius 3 is 1.94 bits per heavy atom. The molecule has 106 valence electrons. The highest BCUT2D eigenvalue weighted by molar-refractivity contribution is 5.81. The molecule has 0 aromatic rings. The first-order chi connectivity index (χ1) is 8.23. The summed E-state index contributed by atoms with van der Waals surface area (Å²) in [6.07, 6.45) is -2.61. The Morgan fingerprint density at radius 2 is 1.50 bits per heavy atom. The molecule has 0 saturated heterocycles. The molecule has 2 unspecified atom stereocenters. The van der Waals surface area contributed by atoms with Gasteiger partial charge in [0.2, 0.25) is 5.91 Å². The molecule has 18 heavy (non-hydrogen) atoms. The average Bonchev–Trinajstić information content (AvgIpc) is 2.22. The summed E-state index contributed by atoms with van der Waals surface area (Å²) in [4.78, 5) is 22.7. The van der Waals surface area contributed by atoms with E-state index >= 15 is 0 Å². The number of nitrogens with one attached hydrogen (secondary N) is 2. The van der Waals surface area contributed by atoms with Crippen LogP contribution in [0.5, 0.6) is 0 Å². The Hall–Kier alpha value is -1.14. The average molecular weight is 260 g/mol. The standard InChI is InChI=1S/C12H24N2O4/c1-7(2)13-10(16)6-5-9(15)11(17)12(18)14-8(3)4/h7-9,11,15,17H,5-6H2,1-4H3,(H,13,16)(H,14,18). The predicted molar refractivity (Wildman–Crippen MR) is 67.8 cm³/mol. The molecule has 0 saturated carbocycles. The quantitative estimate of drug-likeness (QED) is 0.497. The van der Waals surface area contributed by atoms with Crippen LogP contribution in [0.4, 0.5) is 0 Å². The molecule has 6 heteroatoms. The second kappa shape index (κ2) is 8.05. The number of aliphatic hydroxyl groups excluding tert-OH is 2. The molecule has 0 heterocycles. The Kier molecular flexibility index (Phi) is 7.54. The van der Waals surface area contributed by atoms with Gasteiger partial charge < -0.3 is 20.8 Å². The molecule has 2 atom stereocenters. The minimum Gasteiger partial charge on any atom is -0.390 e. The van der Waals surface area contributed by atoms with Crippen LogP contribution >= 0.6 is 0 Å². The third-order valence-electron chi connectivity index (χ3n) is 2.18. The topological polar surface area (TPSA) is 98.7 Å². The van der Waals surface area contributed by atoms with Crippen molar-refractivity contribution >= 4 is 11.8 Å². The zero-order chi connectivity index (χ0) is 14.3. The lowest BCUT2D eigenvalue weighted by atomic mass is 10.1. The lowest BCUT2D eigenvalue weighted by Crippen LogP contribution is -2.45. The lowest BCUT2D eigenvalue weighted by molar-refractivity contribution is -0.136. The third kappa shape index (κ3) is 7.24. The Labute approximate surface area is 108 Å². The van der Waals surface area contributed by atoms with Crippen molar-refractivity contribution in [3.8, 4) is 0 Å². The van der Waals surface area contributed by atoms with Crippen LogP contribution in [0, 0.1) is 0 Å². The van der Waals surface area contributed by atoms with E-state index in [0.717, 1.165) is 0 Å². The fourth-order valence-corrected chi connectivity index (χ4v) is 1.38. The smallest absolute Gasteiger partial charge is 0.251 e. The number of rotatable bonds is 7. The third-order valence-corrected chi connectivity index (χ3v) is 2.18. The highest BCUT2D eigenvalue weighted by Crippen LogP contribution is 2.04. The predicted octanol–water partition coefficient (Wildman–Crippen LogP) is -0.462. The minimum atomic E-state index is -1.50. The normalized spacial score (nSPS) is 14.4. The summed E-state index contributed by atoms with van der Waals surface area (Å²) in [5.74, 6) is -0.831. The molecule has 0 aliphatic heterocycles. The van der Waals surface area contributed by atoms with E-state index in [1.165, 1.54) is 0 Å². The van der Waals surface area contributed by atoms with E-state index in [2.05, 4.69) is 10.6 Å². The second-order valence-electron chi connectivity index (χ2n) is 4.94. The molecule has 0 aliphatic carbocycles. The van der Waals surface area contributed by atoms with Crippen molar-refractivity contribution in [2.45, 2.75) is 64.8 Å². The highest BCUT2D eigenvalue weighted by Gasteiger charge is 2.24. The van der Waals surface area contributed by atoms with Crippen LogP contribution in [-0.2, 0) is 9.59 Å². The molecule has 0 fully saturated rings. The summed E-state index contributed by atoms with van der Waals surface area (Å²) in [5, 5.41) is 24.3. The van der Waals surface area contributed by atoms with E-state index in [1.807, 2.05) is 13.8 Å². The van der Waals surface area contributed by atoms with E-state index in [1.54, 1.807) is 13.8 Å². The highest BCUT2D eigenvalue weighted by atomic mass is 16.3. The van der Waals surface area contributed by atoms with Gasteiger partial charge in [-0.3, -0.25) is 9.59 Å². The van der Waals surface area contributed by atoms with Crippen LogP contribution in [0.25, 0.3) is 0 Å². The van der Waals surface area contributed by atoms with Crippen molar-refractivity contribution in [3.05, 3.63) is 0 Å². The van der Waals surface area contributed by atoms with Gasteiger partial charge in [0, 0.05) is 18.5 Å². The lowest BCUT2D eigenvalue weighted by Gasteiger charge is -2.19. The van der Waals surface area contributed by atoms with Gasteiger partial charge in [-0.15, -0.1) is 0 Å². The molecule has 0 rings (SSSR count). The number of carbonyl (C=O) groups excluding carboxylic acids is 2. The van der Waals surface area contributed by atoms with E-state index in [-0.39, 0.29) is 30.8 Å². The number of hydrogen-bond donors (Lipinski definition) is 4. The van der Waals surface area contributed by atoms with Crippen LogP contribution in [0.1, 0.15) is 40.5 Å². The minimum absolute atomic E-state index is 0.0313. The van der Waals surface area contributed by atoms with Crippen LogP contribution in [0.3, 0.4) is 0 Å². The number of amides is 2. The van der Waals surface area contributed by atoms with Crippen LogP contribution in [-0.4, -0.2) is 46.3 Å². The molecule has 2 amide bonds. The van der Waals surface area contributed by atoms with Crippen molar-refractivity contribution in [2.75, 3.05) is 0 Å². The summed E-state index contributed by atoms with van der Waals surface area (Å²) < 4.78 is 0. The Balaban J connectivity index is 4.04.